The molecule has 118 valence electrons. The van der Waals surface area contributed by atoms with Crippen LogP contribution in [0.15, 0.2) is 24.3 Å². The maximum atomic E-state index is 12.3. The SMILES string of the molecule is O=C(Cc1ccccc1Cl)NCC12CC3CC(CC(C3)C1)C2. The Labute approximate surface area is 137 Å². The summed E-state index contributed by atoms with van der Waals surface area (Å²) in [5.41, 5.74) is 1.33. The average molecular weight is 318 g/mol. The lowest BCUT2D eigenvalue weighted by Gasteiger charge is -2.56. The Morgan fingerprint density at radius 1 is 1.09 bits per heavy atom. The topological polar surface area (TPSA) is 29.1 Å². The van der Waals surface area contributed by atoms with Crippen molar-refractivity contribution in [2.24, 2.45) is 23.2 Å². The summed E-state index contributed by atoms with van der Waals surface area (Å²) < 4.78 is 0. The Hall–Kier alpha value is -1.02. The second-order valence-corrected chi connectivity index (χ2v) is 8.37. The minimum Gasteiger partial charge on any atom is -0.355 e. The van der Waals surface area contributed by atoms with Crippen LogP contribution in [0, 0.1) is 23.2 Å². The van der Waals surface area contributed by atoms with Crippen LogP contribution >= 0.6 is 11.6 Å². The molecule has 4 saturated carbocycles. The maximum absolute atomic E-state index is 12.3. The van der Waals surface area contributed by atoms with Crippen molar-refractivity contribution in [1.29, 1.82) is 0 Å². The molecule has 0 heterocycles. The molecule has 2 nitrogen and oxygen atoms in total. The van der Waals surface area contributed by atoms with E-state index in [1.165, 1.54) is 38.5 Å². The van der Waals surface area contributed by atoms with Crippen molar-refractivity contribution < 1.29 is 4.79 Å². The van der Waals surface area contributed by atoms with Crippen molar-refractivity contribution in [1.82, 2.24) is 5.32 Å². The molecule has 0 atom stereocenters. The molecule has 0 spiro atoms. The zero-order valence-electron chi connectivity index (χ0n) is 13.0. The first-order valence-corrected chi connectivity index (χ1v) is 9.00. The van der Waals surface area contributed by atoms with Gasteiger partial charge in [-0.1, -0.05) is 29.8 Å². The van der Waals surface area contributed by atoms with E-state index in [2.05, 4.69) is 5.32 Å². The average Bonchev–Trinajstić information content (AvgIpc) is 2.46. The summed E-state index contributed by atoms with van der Waals surface area (Å²) in [6, 6.07) is 7.63. The Morgan fingerprint density at radius 2 is 1.68 bits per heavy atom. The third kappa shape index (κ3) is 2.78. The van der Waals surface area contributed by atoms with Crippen molar-refractivity contribution in [3.05, 3.63) is 34.9 Å². The first-order chi connectivity index (χ1) is 10.6. The number of carbonyl (C=O) groups excluding carboxylic acids is 1. The van der Waals surface area contributed by atoms with Gasteiger partial charge in [0.2, 0.25) is 5.91 Å². The first-order valence-electron chi connectivity index (χ1n) is 8.62. The van der Waals surface area contributed by atoms with Crippen molar-refractivity contribution in [3.63, 3.8) is 0 Å². The second-order valence-electron chi connectivity index (χ2n) is 7.96. The molecule has 0 radical (unpaired) electrons. The number of halogens is 1. The molecule has 5 rings (SSSR count). The van der Waals surface area contributed by atoms with Gasteiger partial charge in [-0.2, -0.15) is 0 Å². The first kappa shape index (κ1) is 14.6. The minimum absolute atomic E-state index is 0.115. The second kappa shape index (κ2) is 5.56. The fraction of sp³-hybridized carbons (Fsp3) is 0.632. The molecule has 0 unspecified atom stereocenters. The van der Waals surface area contributed by atoms with E-state index >= 15 is 0 Å². The molecule has 4 bridgehead atoms. The number of nitrogens with one attached hydrogen (secondary N) is 1. The Balaban J connectivity index is 1.37. The highest BCUT2D eigenvalue weighted by Gasteiger charge is 2.50. The molecule has 0 aliphatic heterocycles. The van der Waals surface area contributed by atoms with E-state index in [0.717, 1.165) is 29.9 Å². The van der Waals surface area contributed by atoms with Gasteiger partial charge < -0.3 is 5.32 Å². The van der Waals surface area contributed by atoms with E-state index in [1.807, 2.05) is 24.3 Å². The van der Waals surface area contributed by atoms with Gasteiger partial charge in [-0.25, -0.2) is 0 Å². The van der Waals surface area contributed by atoms with Crippen LogP contribution in [0.25, 0.3) is 0 Å². The molecule has 4 aliphatic carbocycles. The van der Waals surface area contributed by atoms with Crippen LogP contribution in [-0.2, 0) is 11.2 Å². The molecule has 0 saturated heterocycles. The molecular weight excluding hydrogens is 294 g/mol. The normalized spacial score (nSPS) is 35.6. The zero-order valence-corrected chi connectivity index (χ0v) is 13.7. The van der Waals surface area contributed by atoms with Crippen molar-refractivity contribution >= 4 is 17.5 Å². The summed E-state index contributed by atoms with van der Waals surface area (Å²) in [7, 11) is 0. The number of hydrogen-bond donors (Lipinski definition) is 1. The molecule has 4 fully saturated rings. The molecule has 0 aromatic heterocycles. The van der Waals surface area contributed by atoms with Crippen LogP contribution < -0.4 is 5.32 Å². The van der Waals surface area contributed by atoms with Crippen LogP contribution in [0.3, 0.4) is 0 Å². The fourth-order valence-corrected chi connectivity index (χ4v) is 5.87. The molecule has 4 aliphatic rings. The summed E-state index contributed by atoms with van der Waals surface area (Å²) in [5.74, 6) is 2.93. The number of benzene rings is 1. The molecule has 3 heteroatoms. The van der Waals surface area contributed by atoms with Crippen LogP contribution in [0.1, 0.15) is 44.1 Å². The largest absolute Gasteiger partial charge is 0.355 e. The van der Waals surface area contributed by atoms with E-state index in [0.29, 0.717) is 16.9 Å². The van der Waals surface area contributed by atoms with Crippen LogP contribution in [-0.4, -0.2) is 12.5 Å². The van der Waals surface area contributed by atoms with E-state index in [1.54, 1.807) is 0 Å². The molecular formula is C19H24ClNO. The minimum atomic E-state index is 0.115. The predicted molar refractivity (Wildman–Crippen MR) is 88.8 cm³/mol. The van der Waals surface area contributed by atoms with Crippen molar-refractivity contribution in [2.75, 3.05) is 6.54 Å². The Bertz CT molecular complexity index is 547. The summed E-state index contributed by atoms with van der Waals surface area (Å²) in [6.45, 7) is 0.875. The van der Waals surface area contributed by atoms with Crippen LogP contribution in [0.5, 0.6) is 0 Å². The monoisotopic (exact) mass is 317 g/mol. The van der Waals surface area contributed by atoms with Gasteiger partial charge in [0.25, 0.3) is 0 Å². The fourth-order valence-electron chi connectivity index (χ4n) is 5.67. The predicted octanol–water partition coefficient (Wildman–Crippen LogP) is 4.22. The number of amides is 1. The molecule has 22 heavy (non-hydrogen) atoms. The van der Waals surface area contributed by atoms with E-state index in [4.69, 9.17) is 11.6 Å². The van der Waals surface area contributed by atoms with Crippen molar-refractivity contribution in [3.8, 4) is 0 Å². The van der Waals surface area contributed by atoms with E-state index in [9.17, 15) is 4.79 Å². The van der Waals surface area contributed by atoms with Crippen molar-refractivity contribution in [2.45, 2.75) is 44.9 Å². The molecule has 1 amide bonds. The van der Waals surface area contributed by atoms with Gasteiger partial charge in [-0.15, -0.1) is 0 Å². The molecule has 1 N–H and O–H groups in total. The van der Waals surface area contributed by atoms with Gasteiger partial charge in [-0.05, 0) is 73.3 Å². The maximum Gasteiger partial charge on any atom is 0.224 e. The lowest BCUT2D eigenvalue weighted by molar-refractivity contribution is -0.122. The molecule has 1 aromatic rings. The molecule has 1 aromatic carbocycles. The van der Waals surface area contributed by atoms with Gasteiger partial charge in [0.1, 0.15) is 0 Å². The number of hydrogen-bond acceptors (Lipinski definition) is 1. The van der Waals surface area contributed by atoms with Gasteiger partial charge in [0.05, 0.1) is 6.42 Å². The Morgan fingerprint density at radius 3 is 2.27 bits per heavy atom. The Kier molecular flexibility index (Phi) is 3.68. The number of carbonyl (C=O) groups is 1. The van der Waals surface area contributed by atoms with Gasteiger partial charge >= 0.3 is 0 Å². The quantitative estimate of drug-likeness (QED) is 0.885. The summed E-state index contributed by atoms with van der Waals surface area (Å²) >= 11 is 6.14. The third-order valence-electron chi connectivity index (χ3n) is 6.13. The highest BCUT2D eigenvalue weighted by atomic mass is 35.5. The zero-order chi connectivity index (χ0) is 15.2. The number of rotatable bonds is 4. The third-order valence-corrected chi connectivity index (χ3v) is 6.50. The van der Waals surface area contributed by atoms with Gasteiger partial charge in [-0.3, -0.25) is 4.79 Å². The van der Waals surface area contributed by atoms with Gasteiger partial charge in [0, 0.05) is 11.6 Å². The van der Waals surface area contributed by atoms with E-state index < -0.39 is 0 Å². The van der Waals surface area contributed by atoms with E-state index in [-0.39, 0.29) is 5.91 Å². The smallest absolute Gasteiger partial charge is 0.224 e. The summed E-state index contributed by atoms with van der Waals surface area (Å²) in [6.07, 6.45) is 8.76. The standard InChI is InChI=1S/C19H24ClNO/c20-17-4-2-1-3-16(17)8-18(22)21-12-19-9-13-5-14(10-19)7-15(6-13)11-19/h1-4,13-15H,5-12H2,(H,21,22). The lowest BCUT2D eigenvalue weighted by atomic mass is 9.49. The highest BCUT2D eigenvalue weighted by molar-refractivity contribution is 6.31. The summed E-state index contributed by atoms with van der Waals surface area (Å²) in [5, 5.41) is 3.91. The van der Waals surface area contributed by atoms with Crippen LogP contribution in [0.2, 0.25) is 5.02 Å². The lowest BCUT2D eigenvalue weighted by Crippen LogP contribution is -2.51. The summed E-state index contributed by atoms with van der Waals surface area (Å²) in [4.78, 5) is 12.3. The highest BCUT2D eigenvalue weighted by Crippen LogP contribution is 2.59. The van der Waals surface area contributed by atoms with Gasteiger partial charge in [0.15, 0.2) is 0 Å². The van der Waals surface area contributed by atoms with Crippen LogP contribution in [0.4, 0.5) is 0 Å².